The number of rotatable bonds is 10. The number of nitrogens with one attached hydrogen (secondary N) is 2. The van der Waals surface area contributed by atoms with Gasteiger partial charge in [-0.3, -0.25) is 14.3 Å². The predicted molar refractivity (Wildman–Crippen MR) is 104 cm³/mol. The zero-order valence-corrected chi connectivity index (χ0v) is 17.5. The molecule has 2 rings (SSSR count). The van der Waals surface area contributed by atoms with Crippen LogP contribution in [0.5, 0.6) is 0 Å². The summed E-state index contributed by atoms with van der Waals surface area (Å²) in [7, 11) is -3.36. The first-order chi connectivity index (χ1) is 13.6. The Morgan fingerprint density at radius 2 is 2.03 bits per heavy atom. The maximum Gasteiger partial charge on any atom is 0.330 e. The molecule has 0 amide bonds. The number of hydrogen-bond acceptors (Lipinski definition) is 8. The number of unbranched alkanes of at least 4 members (excludes halogenated alkanes) is 1. The van der Waals surface area contributed by atoms with E-state index in [0.29, 0.717) is 12.8 Å². The number of aliphatic hydroxyl groups excluding tert-OH is 2. The molecule has 0 aliphatic carbocycles. The van der Waals surface area contributed by atoms with Crippen molar-refractivity contribution in [3.8, 4) is 0 Å². The Morgan fingerprint density at radius 3 is 2.66 bits per heavy atom. The lowest BCUT2D eigenvalue weighted by Gasteiger charge is -2.22. The first-order valence-corrected chi connectivity index (χ1v) is 11.1. The van der Waals surface area contributed by atoms with E-state index in [1.54, 1.807) is 13.8 Å². The van der Waals surface area contributed by atoms with Crippen molar-refractivity contribution in [1.82, 2.24) is 14.3 Å². The Bertz CT molecular complexity index is 895. The summed E-state index contributed by atoms with van der Waals surface area (Å²) >= 11 is 0. The summed E-state index contributed by atoms with van der Waals surface area (Å²) in [5.74, 6) is -0.0560. The van der Waals surface area contributed by atoms with Crippen LogP contribution in [0.1, 0.15) is 38.5 Å². The number of ether oxygens (including phenoxy) is 2. The summed E-state index contributed by atoms with van der Waals surface area (Å²) in [6.45, 7) is 4.63. The number of nitrogens with zero attached hydrogens (tertiary/aromatic N) is 1. The number of aromatic amines is 1. The smallest absolute Gasteiger partial charge is 0.330 e. The van der Waals surface area contributed by atoms with Crippen molar-refractivity contribution in [2.45, 2.75) is 64.2 Å². The lowest BCUT2D eigenvalue weighted by atomic mass is 10.1. The van der Waals surface area contributed by atoms with Gasteiger partial charge in [0.05, 0.1) is 12.4 Å². The quantitative estimate of drug-likeness (QED) is 0.326. The first kappa shape index (κ1) is 23.7. The van der Waals surface area contributed by atoms with Gasteiger partial charge in [-0.05, 0) is 33.6 Å². The van der Waals surface area contributed by atoms with Gasteiger partial charge in [0.1, 0.15) is 18.3 Å². The van der Waals surface area contributed by atoms with E-state index in [-0.39, 0.29) is 24.0 Å². The van der Waals surface area contributed by atoms with Gasteiger partial charge in [-0.1, -0.05) is 0 Å². The van der Waals surface area contributed by atoms with E-state index in [9.17, 15) is 28.2 Å². The van der Waals surface area contributed by atoms with E-state index in [0.717, 1.165) is 4.57 Å². The molecule has 1 aromatic rings. The van der Waals surface area contributed by atoms with Gasteiger partial charge in [-0.2, -0.15) is 0 Å². The summed E-state index contributed by atoms with van der Waals surface area (Å²) in [5.41, 5.74) is -0.982. The molecule has 12 heteroatoms. The van der Waals surface area contributed by atoms with E-state index >= 15 is 0 Å². The fraction of sp³-hybridized carbons (Fsp3) is 0.765. The standard InChI is InChI=1S/C17H29N3O8S/c1-10(2)19-29(25,26)7-5-4-6-27-14-13(22)12(9-21)28-16(14)20-8-11(3)15(23)18-17(20)24/h8,10,12-14,16,19,21-22H,4-7,9H2,1-3H3,(H,18,23,24)/t12-,13-,14-,16-/m1/s1. The van der Waals surface area contributed by atoms with Crippen LogP contribution in [0.15, 0.2) is 15.8 Å². The zero-order valence-electron chi connectivity index (χ0n) is 16.7. The van der Waals surface area contributed by atoms with Gasteiger partial charge in [-0.15, -0.1) is 0 Å². The Hall–Kier alpha value is -1.57. The van der Waals surface area contributed by atoms with Crippen LogP contribution >= 0.6 is 0 Å². The predicted octanol–water partition coefficient (Wildman–Crippen LogP) is -1.41. The second-order valence-corrected chi connectivity index (χ2v) is 9.22. The average molecular weight is 435 g/mol. The number of aliphatic hydroxyl groups is 2. The molecule has 0 spiro atoms. The molecule has 4 N–H and O–H groups in total. The van der Waals surface area contributed by atoms with Crippen molar-refractivity contribution >= 4 is 10.0 Å². The van der Waals surface area contributed by atoms with Crippen molar-refractivity contribution < 1.29 is 28.1 Å². The Morgan fingerprint density at radius 1 is 1.34 bits per heavy atom. The molecule has 4 atom stereocenters. The van der Waals surface area contributed by atoms with Gasteiger partial charge in [0.15, 0.2) is 6.23 Å². The van der Waals surface area contributed by atoms with Crippen LogP contribution in [0, 0.1) is 6.92 Å². The number of hydrogen-bond donors (Lipinski definition) is 4. The molecule has 0 unspecified atom stereocenters. The third kappa shape index (κ3) is 6.20. The molecular formula is C17H29N3O8S. The van der Waals surface area contributed by atoms with Gasteiger partial charge in [0.2, 0.25) is 10.0 Å². The minimum absolute atomic E-state index is 0.0560. The van der Waals surface area contributed by atoms with Crippen LogP contribution in [0.25, 0.3) is 0 Å². The molecule has 29 heavy (non-hydrogen) atoms. The zero-order chi connectivity index (χ0) is 21.8. The van der Waals surface area contributed by atoms with Gasteiger partial charge >= 0.3 is 5.69 Å². The second kappa shape index (κ2) is 9.96. The highest BCUT2D eigenvalue weighted by molar-refractivity contribution is 7.89. The highest BCUT2D eigenvalue weighted by Crippen LogP contribution is 2.30. The number of aryl methyl sites for hydroxylation is 1. The van der Waals surface area contributed by atoms with E-state index in [4.69, 9.17) is 9.47 Å². The Labute approximate surface area is 168 Å². The minimum atomic E-state index is -3.36. The third-order valence-corrected chi connectivity index (χ3v) is 6.10. The van der Waals surface area contributed by atoms with Crippen LogP contribution < -0.4 is 16.0 Å². The Balaban J connectivity index is 2.02. The summed E-state index contributed by atoms with van der Waals surface area (Å²) in [6.07, 6.45) is -2.12. The minimum Gasteiger partial charge on any atom is -0.394 e. The van der Waals surface area contributed by atoms with E-state index in [1.165, 1.54) is 13.1 Å². The van der Waals surface area contributed by atoms with Crippen molar-refractivity contribution in [1.29, 1.82) is 0 Å². The SMILES string of the molecule is Cc1cn([C@@H]2O[C@H](CO)[C@@H](O)[C@H]2OCCCCS(=O)(=O)NC(C)C)c(=O)[nH]c1=O. The van der Waals surface area contributed by atoms with Gasteiger partial charge in [0.25, 0.3) is 5.56 Å². The maximum absolute atomic E-state index is 12.2. The van der Waals surface area contributed by atoms with Crippen LogP contribution in [0.2, 0.25) is 0 Å². The molecular weight excluding hydrogens is 406 g/mol. The highest BCUT2D eigenvalue weighted by atomic mass is 32.2. The van der Waals surface area contributed by atoms with Crippen LogP contribution in [-0.4, -0.2) is 71.5 Å². The largest absolute Gasteiger partial charge is 0.394 e. The molecule has 0 saturated carbocycles. The van der Waals surface area contributed by atoms with E-state index < -0.39 is 52.4 Å². The van der Waals surface area contributed by atoms with Crippen LogP contribution in [0.3, 0.4) is 0 Å². The van der Waals surface area contributed by atoms with Crippen molar-refractivity contribution in [2.75, 3.05) is 19.0 Å². The molecule has 0 radical (unpaired) electrons. The number of H-pyrrole nitrogens is 1. The molecule has 1 fully saturated rings. The van der Waals surface area contributed by atoms with Crippen LogP contribution in [-0.2, 0) is 19.5 Å². The van der Waals surface area contributed by atoms with Crippen molar-refractivity contribution in [3.63, 3.8) is 0 Å². The van der Waals surface area contributed by atoms with Gasteiger partial charge in [-0.25, -0.2) is 17.9 Å². The number of sulfonamides is 1. The molecule has 0 bridgehead atoms. The highest BCUT2D eigenvalue weighted by Gasteiger charge is 2.45. The van der Waals surface area contributed by atoms with Crippen molar-refractivity contribution in [2.24, 2.45) is 0 Å². The van der Waals surface area contributed by atoms with E-state index in [2.05, 4.69) is 9.71 Å². The lowest BCUT2D eigenvalue weighted by molar-refractivity contribution is -0.0748. The molecule has 2 heterocycles. The molecule has 1 aliphatic heterocycles. The summed E-state index contributed by atoms with van der Waals surface area (Å²) < 4.78 is 38.5. The molecule has 11 nitrogen and oxygen atoms in total. The van der Waals surface area contributed by atoms with Crippen molar-refractivity contribution in [3.05, 3.63) is 32.6 Å². The summed E-state index contributed by atoms with van der Waals surface area (Å²) in [6, 6.07) is -0.183. The van der Waals surface area contributed by atoms with E-state index in [1.807, 2.05) is 0 Å². The monoisotopic (exact) mass is 435 g/mol. The second-order valence-electron chi connectivity index (χ2n) is 7.35. The molecule has 1 saturated heterocycles. The molecule has 166 valence electrons. The summed E-state index contributed by atoms with van der Waals surface area (Å²) in [4.78, 5) is 25.9. The molecule has 1 aliphatic rings. The number of aromatic nitrogens is 2. The normalized spacial score (nSPS) is 25.0. The topological polar surface area (TPSA) is 160 Å². The fourth-order valence-corrected chi connectivity index (χ4v) is 4.50. The fourth-order valence-electron chi connectivity index (χ4n) is 3.08. The van der Waals surface area contributed by atoms with Crippen LogP contribution in [0.4, 0.5) is 0 Å². The molecule has 1 aromatic heterocycles. The van der Waals surface area contributed by atoms with Gasteiger partial charge in [0, 0.05) is 24.4 Å². The average Bonchev–Trinajstić information content (AvgIpc) is 2.92. The maximum atomic E-state index is 12.2. The Kier molecular flexibility index (Phi) is 8.14. The lowest BCUT2D eigenvalue weighted by Crippen LogP contribution is -2.40. The molecule has 0 aromatic carbocycles. The summed E-state index contributed by atoms with van der Waals surface area (Å²) in [5, 5.41) is 19.8. The first-order valence-electron chi connectivity index (χ1n) is 9.43. The van der Waals surface area contributed by atoms with Gasteiger partial charge < -0.3 is 19.7 Å². The third-order valence-electron chi connectivity index (χ3n) is 4.45.